The third kappa shape index (κ3) is 4.00. The molecule has 7 nitrogen and oxygen atoms in total. The highest BCUT2D eigenvalue weighted by Gasteiger charge is 2.39. The molecule has 0 aromatic heterocycles. The van der Waals surface area contributed by atoms with Gasteiger partial charge in [0.25, 0.3) is 0 Å². The van der Waals surface area contributed by atoms with E-state index in [1.165, 1.54) is 23.8 Å². The van der Waals surface area contributed by atoms with Crippen LogP contribution in [0.3, 0.4) is 0 Å². The summed E-state index contributed by atoms with van der Waals surface area (Å²) in [5, 5.41) is 8.91. The topological polar surface area (TPSA) is 87.2 Å². The van der Waals surface area contributed by atoms with Crippen molar-refractivity contribution in [3.05, 3.63) is 35.9 Å². The molecule has 1 heterocycles. The number of likely N-dealkylation sites (N-methyl/N-ethyl adjacent to an activating group) is 1. The molecule has 1 aliphatic rings. The lowest BCUT2D eigenvalue weighted by atomic mass is 9.98. The first-order chi connectivity index (χ1) is 10.9. The number of amides is 2. The fourth-order valence-electron chi connectivity index (χ4n) is 2.24. The van der Waals surface area contributed by atoms with Gasteiger partial charge in [-0.25, -0.2) is 9.59 Å². The molecule has 1 saturated heterocycles. The SMILES string of the molecule is CC(C(=O)O)N(C)C(=O)C1CN(C(=O)OCc2ccccc2)C1. The Morgan fingerprint density at radius 1 is 1.30 bits per heavy atom. The number of likely N-dealkylation sites (tertiary alicyclic amines) is 1. The van der Waals surface area contributed by atoms with E-state index in [-0.39, 0.29) is 31.5 Å². The van der Waals surface area contributed by atoms with Gasteiger partial charge in [-0.3, -0.25) is 4.79 Å². The maximum absolute atomic E-state index is 12.1. The maximum Gasteiger partial charge on any atom is 0.410 e. The van der Waals surface area contributed by atoms with Gasteiger partial charge >= 0.3 is 12.1 Å². The first kappa shape index (κ1) is 16.8. The monoisotopic (exact) mass is 320 g/mol. The maximum atomic E-state index is 12.1. The van der Waals surface area contributed by atoms with Crippen molar-refractivity contribution in [2.24, 2.45) is 5.92 Å². The van der Waals surface area contributed by atoms with Crippen LogP contribution < -0.4 is 0 Å². The molecule has 2 rings (SSSR count). The number of aliphatic carboxylic acids is 1. The van der Waals surface area contributed by atoms with Crippen LogP contribution in [0.2, 0.25) is 0 Å². The molecule has 0 spiro atoms. The normalized spacial score (nSPS) is 15.5. The highest BCUT2D eigenvalue weighted by molar-refractivity contribution is 5.86. The molecule has 1 fully saturated rings. The summed E-state index contributed by atoms with van der Waals surface area (Å²) in [6, 6.07) is 8.44. The van der Waals surface area contributed by atoms with Crippen molar-refractivity contribution in [1.82, 2.24) is 9.80 Å². The Labute approximate surface area is 134 Å². The Morgan fingerprint density at radius 3 is 2.48 bits per heavy atom. The van der Waals surface area contributed by atoms with Crippen molar-refractivity contribution in [2.45, 2.75) is 19.6 Å². The van der Waals surface area contributed by atoms with Gasteiger partial charge in [-0.1, -0.05) is 30.3 Å². The van der Waals surface area contributed by atoms with Crippen LogP contribution in [0.1, 0.15) is 12.5 Å². The number of benzene rings is 1. The number of carboxylic acid groups (broad SMARTS) is 1. The molecule has 0 aliphatic carbocycles. The van der Waals surface area contributed by atoms with E-state index in [1.807, 2.05) is 30.3 Å². The molecule has 0 bridgehead atoms. The van der Waals surface area contributed by atoms with E-state index in [1.54, 1.807) is 0 Å². The van der Waals surface area contributed by atoms with E-state index in [2.05, 4.69) is 0 Å². The van der Waals surface area contributed by atoms with Crippen LogP contribution in [0.4, 0.5) is 4.79 Å². The first-order valence-corrected chi connectivity index (χ1v) is 7.35. The summed E-state index contributed by atoms with van der Waals surface area (Å²) in [6.07, 6.45) is -0.466. The highest BCUT2D eigenvalue weighted by Crippen LogP contribution is 2.20. The van der Waals surface area contributed by atoms with Gasteiger partial charge in [0.05, 0.1) is 5.92 Å². The quantitative estimate of drug-likeness (QED) is 0.880. The molecule has 124 valence electrons. The molecule has 2 amide bonds. The van der Waals surface area contributed by atoms with E-state index >= 15 is 0 Å². The summed E-state index contributed by atoms with van der Waals surface area (Å²) >= 11 is 0. The highest BCUT2D eigenvalue weighted by atomic mass is 16.6. The van der Waals surface area contributed by atoms with Gasteiger partial charge < -0.3 is 19.6 Å². The number of carbonyl (C=O) groups is 3. The minimum atomic E-state index is -1.06. The van der Waals surface area contributed by atoms with Gasteiger partial charge in [0.2, 0.25) is 5.91 Å². The van der Waals surface area contributed by atoms with E-state index in [0.29, 0.717) is 0 Å². The molecule has 23 heavy (non-hydrogen) atoms. The Balaban J connectivity index is 1.76. The Morgan fingerprint density at radius 2 is 1.91 bits per heavy atom. The molecular weight excluding hydrogens is 300 g/mol. The summed E-state index contributed by atoms with van der Waals surface area (Å²) in [4.78, 5) is 37.5. The zero-order chi connectivity index (χ0) is 17.0. The molecule has 1 aliphatic heterocycles. The van der Waals surface area contributed by atoms with Crippen molar-refractivity contribution < 1.29 is 24.2 Å². The third-order valence-corrected chi connectivity index (χ3v) is 3.98. The molecule has 1 aromatic rings. The van der Waals surface area contributed by atoms with Gasteiger partial charge in [-0.15, -0.1) is 0 Å². The summed E-state index contributed by atoms with van der Waals surface area (Å²) in [5.74, 6) is -1.70. The van der Waals surface area contributed by atoms with Crippen molar-refractivity contribution in [2.75, 3.05) is 20.1 Å². The predicted molar refractivity (Wildman–Crippen MR) is 81.6 cm³/mol. The average Bonchev–Trinajstić information content (AvgIpc) is 2.50. The number of hydrogen-bond donors (Lipinski definition) is 1. The number of nitrogens with zero attached hydrogens (tertiary/aromatic N) is 2. The van der Waals surface area contributed by atoms with Crippen molar-refractivity contribution in [1.29, 1.82) is 0 Å². The second kappa shape index (κ2) is 7.13. The van der Waals surface area contributed by atoms with E-state index < -0.39 is 18.1 Å². The molecule has 1 atom stereocenters. The van der Waals surface area contributed by atoms with Crippen molar-refractivity contribution >= 4 is 18.0 Å². The van der Waals surface area contributed by atoms with Crippen LogP contribution in [0, 0.1) is 5.92 Å². The van der Waals surface area contributed by atoms with Gasteiger partial charge in [0, 0.05) is 20.1 Å². The fourth-order valence-corrected chi connectivity index (χ4v) is 2.24. The number of hydrogen-bond acceptors (Lipinski definition) is 4. The lowest BCUT2D eigenvalue weighted by molar-refractivity contribution is -0.152. The molecule has 1 unspecified atom stereocenters. The molecule has 1 N–H and O–H groups in total. The largest absolute Gasteiger partial charge is 0.480 e. The van der Waals surface area contributed by atoms with Crippen LogP contribution in [-0.2, 0) is 20.9 Å². The molecule has 0 saturated carbocycles. The van der Waals surface area contributed by atoms with Crippen LogP contribution >= 0.6 is 0 Å². The van der Waals surface area contributed by atoms with E-state index in [4.69, 9.17) is 9.84 Å². The van der Waals surface area contributed by atoms with E-state index in [0.717, 1.165) is 5.56 Å². The number of carboxylic acids is 1. The van der Waals surface area contributed by atoms with E-state index in [9.17, 15) is 14.4 Å². The number of rotatable bonds is 5. The lowest BCUT2D eigenvalue weighted by Gasteiger charge is -2.39. The zero-order valence-corrected chi connectivity index (χ0v) is 13.1. The molecule has 1 aromatic carbocycles. The van der Waals surface area contributed by atoms with Gasteiger partial charge in [-0.2, -0.15) is 0 Å². The molecule has 7 heteroatoms. The zero-order valence-electron chi connectivity index (χ0n) is 13.1. The van der Waals surface area contributed by atoms with Gasteiger partial charge in [-0.05, 0) is 12.5 Å². The average molecular weight is 320 g/mol. The molecule has 0 radical (unpaired) electrons. The summed E-state index contributed by atoms with van der Waals surface area (Å²) in [6.45, 7) is 2.14. The Bertz CT molecular complexity index is 583. The minimum absolute atomic E-state index is 0.185. The summed E-state index contributed by atoms with van der Waals surface area (Å²) < 4.78 is 5.17. The van der Waals surface area contributed by atoms with Crippen LogP contribution in [-0.4, -0.2) is 59.1 Å². The first-order valence-electron chi connectivity index (χ1n) is 7.35. The van der Waals surface area contributed by atoms with Crippen molar-refractivity contribution in [3.63, 3.8) is 0 Å². The van der Waals surface area contributed by atoms with Crippen LogP contribution in [0.15, 0.2) is 30.3 Å². The van der Waals surface area contributed by atoms with Gasteiger partial charge in [0.15, 0.2) is 0 Å². The molecular formula is C16H20N2O5. The summed E-state index contributed by atoms with van der Waals surface area (Å²) in [7, 11) is 1.46. The second-order valence-corrected chi connectivity index (χ2v) is 5.61. The van der Waals surface area contributed by atoms with Crippen molar-refractivity contribution in [3.8, 4) is 0 Å². The van der Waals surface area contributed by atoms with Crippen LogP contribution in [0.5, 0.6) is 0 Å². The number of carbonyl (C=O) groups excluding carboxylic acids is 2. The summed E-state index contributed by atoms with van der Waals surface area (Å²) in [5.41, 5.74) is 0.893. The standard InChI is InChI=1S/C16H20N2O5/c1-11(15(20)21)17(2)14(19)13-8-18(9-13)16(22)23-10-12-6-4-3-5-7-12/h3-7,11,13H,8-10H2,1-2H3,(H,20,21). The van der Waals surface area contributed by atoms with Gasteiger partial charge in [0.1, 0.15) is 12.6 Å². The predicted octanol–water partition coefficient (Wildman–Crippen LogP) is 1.19. The lowest BCUT2D eigenvalue weighted by Crippen LogP contribution is -2.57. The third-order valence-electron chi connectivity index (χ3n) is 3.98. The number of ether oxygens (including phenoxy) is 1. The Kier molecular flexibility index (Phi) is 5.20. The minimum Gasteiger partial charge on any atom is -0.480 e. The second-order valence-electron chi connectivity index (χ2n) is 5.61. The smallest absolute Gasteiger partial charge is 0.410 e. The Hall–Kier alpha value is -2.57. The fraction of sp³-hybridized carbons (Fsp3) is 0.438. The van der Waals surface area contributed by atoms with Crippen LogP contribution in [0.25, 0.3) is 0 Å².